The van der Waals surface area contributed by atoms with Gasteiger partial charge in [0, 0.05) is 11.3 Å². The Bertz CT molecular complexity index is 551. The minimum atomic E-state index is -1.25. The first-order chi connectivity index (χ1) is 14.4. The smallest absolute Gasteiger partial charge is 0.311 e. The highest BCUT2D eigenvalue weighted by Gasteiger charge is 2.11. The van der Waals surface area contributed by atoms with E-state index >= 15 is 0 Å². The Morgan fingerprint density at radius 3 is 1.53 bits per heavy atom. The predicted octanol–water partition coefficient (Wildman–Crippen LogP) is 9.43. The number of halogens is 1. The summed E-state index contributed by atoms with van der Waals surface area (Å²) in [5, 5.41) is 0. The lowest BCUT2D eigenvalue weighted by Gasteiger charge is -2.22. The first kappa shape index (κ1) is 27.4. The third kappa shape index (κ3) is 14.4. The molecule has 0 N–H and O–H groups in total. The standard InChI is InChI=1S/C26H45ClO2S/c1-4-5-6-7-8-9-10-11-12-13-14-15-16-17-18-19-26(28)29-24-20-22-25(23-21-24)30(2,3)27/h20-23H,4-19H2,1-3H3. The first-order valence-electron chi connectivity index (χ1n) is 12.2. The summed E-state index contributed by atoms with van der Waals surface area (Å²) in [7, 11) is 5.12. The Hall–Kier alpha value is -0.670. The Balaban J connectivity index is 1.91. The molecular weight excluding hydrogens is 412 g/mol. The highest BCUT2D eigenvalue weighted by Crippen LogP contribution is 2.53. The van der Waals surface area contributed by atoms with Crippen molar-refractivity contribution in [2.45, 2.75) is 115 Å². The lowest BCUT2D eigenvalue weighted by molar-refractivity contribution is -0.134. The molecule has 1 aromatic carbocycles. The van der Waals surface area contributed by atoms with Gasteiger partial charge in [-0.05, 0) is 43.2 Å². The van der Waals surface area contributed by atoms with E-state index in [0.717, 1.165) is 17.7 Å². The fraction of sp³-hybridized carbons (Fsp3) is 0.731. The van der Waals surface area contributed by atoms with Crippen molar-refractivity contribution < 1.29 is 9.53 Å². The van der Waals surface area contributed by atoms with Gasteiger partial charge >= 0.3 is 5.97 Å². The van der Waals surface area contributed by atoms with Gasteiger partial charge in [0.15, 0.2) is 0 Å². The van der Waals surface area contributed by atoms with Crippen LogP contribution in [0.3, 0.4) is 0 Å². The summed E-state index contributed by atoms with van der Waals surface area (Å²) in [4.78, 5) is 13.1. The van der Waals surface area contributed by atoms with E-state index < -0.39 is 9.24 Å². The average molecular weight is 457 g/mol. The molecule has 0 bridgehead atoms. The molecule has 0 saturated heterocycles. The quantitative estimate of drug-likeness (QED) is 0.125. The van der Waals surface area contributed by atoms with Crippen molar-refractivity contribution in [2.75, 3.05) is 12.5 Å². The summed E-state index contributed by atoms with van der Waals surface area (Å²) >= 11 is 0. The summed E-state index contributed by atoms with van der Waals surface area (Å²) in [6.45, 7) is 2.28. The highest BCUT2D eigenvalue weighted by molar-refractivity contribution is 8.50. The maximum absolute atomic E-state index is 12.0. The first-order valence-corrected chi connectivity index (χ1v) is 15.4. The van der Waals surface area contributed by atoms with Crippen LogP contribution in [0.15, 0.2) is 29.2 Å². The van der Waals surface area contributed by atoms with Crippen LogP contribution in [-0.4, -0.2) is 18.5 Å². The zero-order valence-corrected chi connectivity index (χ0v) is 21.3. The normalized spacial score (nSPS) is 12.1. The van der Waals surface area contributed by atoms with Crippen molar-refractivity contribution in [3.63, 3.8) is 0 Å². The van der Waals surface area contributed by atoms with Crippen molar-refractivity contribution in [3.8, 4) is 5.75 Å². The zero-order valence-electron chi connectivity index (χ0n) is 19.7. The minimum absolute atomic E-state index is 0.130. The number of hydrogen-bond acceptors (Lipinski definition) is 2. The van der Waals surface area contributed by atoms with Crippen LogP contribution >= 0.6 is 19.9 Å². The molecule has 0 atom stereocenters. The molecule has 0 aromatic heterocycles. The Morgan fingerprint density at radius 1 is 0.733 bits per heavy atom. The number of ether oxygens (including phenoxy) is 1. The SMILES string of the molecule is CCCCCCCCCCCCCCCCCC(=O)Oc1ccc(S(C)(C)Cl)cc1. The van der Waals surface area contributed by atoms with Crippen LogP contribution in [-0.2, 0) is 4.79 Å². The molecule has 0 unspecified atom stereocenters. The van der Waals surface area contributed by atoms with Crippen LogP contribution in [0.5, 0.6) is 5.75 Å². The molecule has 4 heteroatoms. The lowest BCUT2D eigenvalue weighted by atomic mass is 10.0. The number of rotatable bonds is 18. The van der Waals surface area contributed by atoms with Gasteiger partial charge in [-0.25, -0.2) is 0 Å². The number of benzene rings is 1. The molecule has 1 rings (SSSR count). The molecule has 30 heavy (non-hydrogen) atoms. The molecule has 0 aliphatic rings. The fourth-order valence-electron chi connectivity index (χ4n) is 3.65. The molecule has 0 heterocycles. The maximum atomic E-state index is 12.0. The monoisotopic (exact) mass is 456 g/mol. The van der Waals surface area contributed by atoms with Crippen molar-refractivity contribution in [3.05, 3.63) is 24.3 Å². The molecular formula is C26H45ClO2S. The van der Waals surface area contributed by atoms with E-state index in [-0.39, 0.29) is 5.97 Å². The molecule has 1 aromatic rings. The third-order valence-electron chi connectivity index (χ3n) is 5.60. The van der Waals surface area contributed by atoms with E-state index in [1.807, 2.05) is 36.8 Å². The van der Waals surface area contributed by atoms with Crippen LogP contribution in [0.4, 0.5) is 0 Å². The van der Waals surface area contributed by atoms with Gasteiger partial charge in [0.05, 0.1) is 0 Å². The van der Waals surface area contributed by atoms with Crippen LogP contribution in [0, 0.1) is 0 Å². The molecule has 0 aliphatic heterocycles. The molecule has 0 spiro atoms. The Morgan fingerprint density at radius 2 is 1.13 bits per heavy atom. The van der Waals surface area contributed by atoms with Crippen LogP contribution in [0.25, 0.3) is 0 Å². The average Bonchev–Trinajstić information content (AvgIpc) is 2.70. The number of unbranched alkanes of at least 4 members (excludes halogenated alkanes) is 14. The highest BCUT2D eigenvalue weighted by atomic mass is 35.7. The van der Waals surface area contributed by atoms with E-state index in [1.54, 1.807) is 0 Å². The van der Waals surface area contributed by atoms with Crippen molar-refractivity contribution in [1.29, 1.82) is 0 Å². The number of hydrogen-bond donors (Lipinski definition) is 0. The van der Waals surface area contributed by atoms with Crippen molar-refractivity contribution in [2.24, 2.45) is 0 Å². The molecule has 0 fully saturated rings. The topological polar surface area (TPSA) is 26.3 Å². The molecule has 0 saturated carbocycles. The summed E-state index contributed by atoms with van der Waals surface area (Å²) in [6, 6.07) is 7.60. The van der Waals surface area contributed by atoms with Gasteiger partial charge in [-0.2, -0.15) is 0 Å². The summed E-state index contributed by atoms with van der Waals surface area (Å²) in [5.41, 5.74) is 0. The molecule has 0 aliphatic carbocycles. The molecule has 174 valence electrons. The predicted molar refractivity (Wildman–Crippen MR) is 135 cm³/mol. The maximum Gasteiger partial charge on any atom is 0.311 e. The van der Waals surface area contributed by atoms with Crippen LogP contribution in [0.2, 0.25) is 0 Å². The van der Waals surface area contributed by atoms with Crippen molar-refractivity contribution in [1.82, 2.24) is 0 Å². The van der Waals surface area contributed by atoms with E-state index in [1.165, 1.54) is 83.5 Å². The second kappa shape index (κ2) is 17.0. The Labute approximate surface area is 192 Å². The number of carbonyl (C=O) groups is 1. The van der Waals surface area contributed by atoms with Gasteiger partial charge in [-0.15, -0.1) is 9.24 Å². The third-order valence-corrected chi connectivity index (χ3v) is 7.53. The van der Waals surface area contributed by atoms with Gasteiger partial charge in [0.2, 0.25) is 0 Å². The molecule has 0 amide bonds. The summed E-state index contributed by atoms with van der Waals surface area (Å²) < 4.78 is 5.43. The number of carbonyl (C=O) groups excluding carboxylic acids is 1. The van der Waals surface area contributed by atoms with Gasteiger partial charge in [-0.3, -0.25) is 4.79 Å². The molecule has 0 radical (unpaired) electrons. The fourth-order valence-corrected chi connectivity index (χ4v) is 4.75. The largest absolute Gasteiger partial charge is 0.427 e. The zero-order chi connectivity index (χ0) is 22.1. The number of esters is 1. The molecule has 2 nitrogen and oxygen atoms in total. The lowest BCUT2D eigenvalue weighted by Crippen LogP contribution is -2.07. The van der Waals surface area contributed by atoms with Gasteiger partial charge < -0.3 is 4.74 Å². The van der Waals surface area contributed by atoms with E-state index in [0.29, 0.717) is 12.2 Å². The van der Waals surface area contributed by atoms with Crippen LogP contribution in [0.1, 0.15) is 110 Å². The minimum Gasteiger partial charge on any atom is -0.427 e. The van der Waals surface area contributed by atoms with Gasteiger partial charge in [0.1, 0.15) is 5.75 Å². The van der Waals surface area contributed by atoms with E-state index in [9.17, 15) is 4.79 Å². The second-order valence-corrected chi connectivity index (χ2v) is 14.0. The van der Waals surface area contributed by atoms with Crippen molar-refractivity contribution >= 4 is 25.9 Å². The summed E-state index contributed by atoms with van der Waals surface area (Å²) in [5.74, 6) is 0.486. The second-order valence-electron chi connectivity index (χ2n) is 8.85. The summed E-state index contributed by atoms with van der Waals surface area (Å²) in [6.07, 6.45) is 24.5. The van der Waals surface area contributed by atoms with E-state index in [2.05, 4.69) is 6.92 Å². The van der Waals surface area contributed by atoms with E-state index in [4.69, 9.17) is 15.4 Å². The van der Waals surface area contributed by atoms with Gasteiger partial charge in [0.25, 0.3) is 0 Å². The Kier molecular flexibility index (Phi) is 15.5. The van der Waals surface area contributed by atoms with Crippen LogP contribution < -0.4 is 4.74 Å². The van der Waals surface area contributed by atoms with Gasteiger partial charge in [-0.1, -0.05) is 107 Å².